The summed E-state index contributed by atoms with van der Waals surface area (Å²) in [5, 5.41) is 7.48. The Morgan fingerprint density at radius 2 is 2.15 bits per heavy atom. The Hall–Kier alpha value is -2.12. The number of aromatic nitrogens is 2. The number of nitrogens with one attached hydrogen (secondary N) is 1. The fourth-order valence-electron chi connectivity index (χ4n) is 2.87. The van der Waals surface area contributed by atoms with Crippen molar-refractivity contribution in [1.29, 1.82) is 0 Å². The molecule has 1 N–H and O–H groups in total. The van der Waals surface area contributed by atoms with Crippen LogP contribution in [-0.2, 0) is 6.54 Å². The van der Waals surface area contributed by atoms with Gasteiger partial charge in [0.2, 0.25) is 5.88 Å². The van der Waals surface area contributed by atoms with Gasteiger partial charge in [0.15, 0.2) is 5.69 Å². The maximum atomic E-state index is 13.2. The third-order valence-corrected chi connectivity index (χ3v) is 4.60. The molecule has 0 saturated heterocycles. The highest BCUT2D eigenvalue weighted by molar-refractivity contribution is 6.34. The SMILES string of the molecule is CN(C)CCC(NC(=O)c1nn2c(c1Cl)OCCC2)c1ccc(F)cc1. The summed E-state index contributed by atoms with van der Waals surface area (Å²) in [5.41, 5.74) is 0.985. The number of fused-ring (bicyclic) bond motifs is 1. The van der Waals surface area contributed by atoms with Gasteiger partial charge in [0, 0.05) is 13.0 Å². The minimum Gasteiger partial charge on any atom is -0.477 e. The highest BCUT2D eigenvalue weighted by Crippen LogP contribution is 2.31. The van der Waals surface area contributed by atoms with Crippen LogP contribution in [0.2, 0.25) is 5.02 Å². The molecule has 0 aliphatic carbocycles. The van der Waals surface area contributed by atoms with E-state index in [9.17, 15) is 9.18 Å². The summed E-state index contributed by atoms with van der Waals surface area (Å²) in [6, 6.07) is 5.86. The maximum absolute atomic E-state index is 13.2. The molecule has 1 aromatic heterocycles. The number of aryl methyl sites for hydroxylation is 1. The Bertz CT molecular complexity index is 776. The largest absolute Gasteiger partial charge is 0.477 e. The summed E-state index contributed by atoms with van der Waals surface area (Å²) in [6.45, 7) is 2.00. The first kappa shape index (κ1) is 18.7. The van der Waals surface area contributed by atoms with Crippen LogP contribution in [0.5, 0.6) is 5.88 Å². The maximum Gasteiger partial charge on any atom is 0.273 e. The fraction of sp³-hybridized carbons (Fsp3) is 0.444. The minimum absolute atomic E-state index is 0.153. The third-order valence-electron chi connectivity index (χ3n) is 4.26. The van der Waals surface area contributed by atoms with E-state index in [1.165, 1.54) is 12.1 Å². The zero-order valence-electron chi connectivity index (χ0n) is 14.8. The Labute approximate surface area is 156 Å². The van der Waals surface area contributed by atoms with E-state index in [4.69, 9.17) is 16.3 Å². The first-order chi connectivity index (χ1) is 12.5. The first-order valence-electron chi connectivity index (χ1n) is 8.56. The summed E-state index contributed by atoms with van der Waals surface area (Å²) in [6.07, 6.45) is 1.50. The van der Waals surface area contributed by atoms with Crippen molar-refractivity contribution in [3.05, 3.63) is 46.4 Å². The zero-order valence-corrected chi connectivity index (χ0v) is 15.6. The number of hydrogen-bond donors (Lipinski definition) is 1. The molecule has 1 unspecified atom stereocenters. The van der Waals surface area contributed by atoms with E-state index in [1.807, 2.05) is 19.0 Å². The van der Waals surface area contributed by atoms with E-state index < -0.39 is 0 Å². The smallest absolute Gasteiger partial charge is 0.273 e. The second kappa shape index (κ2) is 8.05. The molecule has 8 heteroatoms. The van der Waals surface area contributed by atoms with E-state index in [-0.39, 0.29) is 28.5 Å². The van der Waals surface area contributed by atoms with Crippen LogP contribution < -0.4 is 10.1 Å². The van der Waals surface area contributed by atoms with Gasteiger partial charge in [-0.15, -0.1) is 0 Å². The average Bonchev–Trinajstić information content (AvgIpc) is 2.96. The van der Waals surface area contributed by atoms with Gasteiger partial charge in [-0.05, 0) is 44.8 Å². The summed E-state index contributed by atoms with van der Waals surface area (Å²) in [5.74, 6) is -0.239. The van der Waals surface area contributed by atoms with Gasteiger partial charge in [0.05, 0.1) is 12.6 Å². The molecule has 0 radical (unpaired) electrons. The van der Waals surface area contributed by atoms with Crippen LogP contribution in [-0.4, -0.2) is 47.8 Å². The molecule has 1 aromatic carbocycles. The van der Waals surface area contributed by atoms with Crippen LogP contribution in [0.1, 0.15) is 34.9 Å². The standard InChI is InChI=1S/C18H22ClFN4O2/c1-23(2)10-8-14(12-4-6-13(20)7-5-12)21-17(25)16-15(19)18-24(22-16)9-3-11-26-18/h4-7,14H,3,8-11H2,1-2H3,(H,21,25). The molecule has 0 fully saturated rings. The number of amides is 1. The molecule has 2 aromatic rings. The lowest BCUT2D eigenvalue weighted by molar-refractivity contribution is 0.0927. The Morgan fingerprint density at radius 3 is 2.81 bits per heavy atom. The number of rotatable bonds is 6. The molecule has 6 nitrogen and oxygen atoms in total. The lowest BCUT2D eigenvalue weighted by atomic mass is 10.0. The monoisotopic (exact) mass is 380 g/mol. The van der Waals surface area contributed by atoms with E-state index in [0.29, 0.717) is 25.5 Å². The van der Waals surface area contributed by atoms with Crippen LogP contribution in [0.3, 0.4) is 0 Å². The van der Waals surface area contributed by atoms with Gasteiger partial charge in [0.25, 0.3) is 5.91 Å². The third kappa shape index (κ3) is 4.16. The zero-order chi connectivity index (χ0) is 18.7. The van der Waals surface area contributed by atoms with Crippen molar-refractivity contribution in [3.63, 3.8) is 0 Å². The quantitative estimate of drug-likeness (QED) is 0.837. The number of benzene rings is 1. The molecule has 1 amide bonds. The van der Waals surface area contributed by atoms with Crippen LogP contribution in [0, 0.1) is 5.82 Å². The van der Waals surface area contributed by atoms with Gasteiger partial charge >= 0.3 is 0 Å². The van der Waals surface area contributed by atoms with Crippen LogP contribution >= 0.6 is 11.6 Å². The predicted molar refractivity (Wildman–Crippen MR) is 97.1 cm³/mol. The van der Waals surface area contributed by atoms with Gasteiger partial charge in [-0.25, -0.2) is 9.07 Å². The molecule has 1 aliphatic heterocycles. The number of hydrogen-bond acceptors (Lipinski definition) is 4. The highest BCUT2D eigenvalue weighted by atomic mass is 35.5. The topological polar surface area (TPSA) is 59.4 Å². The van der Waals surface area contributed by atoms with Gasteiger partial charge in [-0.3, -0.25) is 4.79 Å². The van der Waals surface area contributed by atoms with Gasteiger partial charge < -0.3 is 15.0 Å². The number of halogens is 2. The van der Waals surface area contributed by atoms with E-state index in [1.54, 1.807) is 16.8 Å². The lowest BCUT2D eigenvalue weighted by Gasteiger charge is -2.21. The van der Waals surface area contributed by atoms with Crippen molar-refractivity contribution in [1.82, 2.24) is 20.0 Å². The molecule has 0 saturated carbocycles. The van der Waals surface area contributed by atoms with Crippen molar-refractivity contribution in [2.75, 3.05) is 27.2 Å². The summed E-state index contributed by atoms with van der Waals surface area (Å²) in [4.78, 5) is 14.8. The number of ether oxygens (including phenoxy) is 1. The normalized spacial score (nSPS) is 14.7. The Kier molecular flexibility index (Phi) is 5.78. The second-order valence-electron chi connectivity index (χ2n) is 6.56. The van der Waals surface area contributed by atoms with Crippen LogP contribution in [0.25, 0.3) is 0 Å². The molecule has 26 heavy (non-hydrogen) atoms. The number of nitrogens with zero attached hydrogens (tertiary/aromatic N) is 3. The van der Waals surface area contributed by atoms with Crippen molar-refractivity contribution < 1.29 is 13.9 Å². The average molecular weight is 381 g/mol. The fourth-order valence-corrected chi connectivity index (χ4v) is 3.15. The Balaban J connectivity index is 1.80. The van der Waals surface area contributed by atoms with E-state index in [0.717, 1.165) is 18.5 Å². The van der Waals surface area contributed by atoms with Gasteiger partial charge in [0.1, 0.15) is 10.8 Å². The molecule has 0 bridgehead atoms. The molecular weight excluding hydrogens is 359 g/mol. The van der Waals surface area contributed by atoms with Gasteiger partial charge in [-0.1, -0.05) is 23.7 Å². The number of carbonyl (C=O) groups excluding carboxylic acids is 1. The minimum atomic E-state index is -0.367. The van der Waals surface area contributed by atoms with Crippen molar-refractivity contribution >= 4 is 17.5 Å². The van der Waals surface area contributed by atoms with Crippen LogP contribution in [0.4, 0.5) is 4.39 Å². The predicted octanol–water partition coefficient (Wildman–Crippen LogP) is 2.88. The summed E-state index contributed by atoms with van der Waals surface area (Å²) >= 11 is 6.29. The summed E-state index contributed by atoms with van der Waals surface area (Å²) in [7, 11) is 3.92. The molecule has 0 spiro atoms. The van der Waals surface area contributed by atoms with E-state index >= 15 is 0 Å². The molecule has 3 rings (SSSR count). The molecule has 140 valence electrons. The first-order valence-corrected chi connectivity index (χ1v) is 8.93. The summed E-state index contributed by atoms with van der Waals surface area (Å²) < 4.78 is 20.4. The van der Waals surface area contributed by atoms with Gasteiger partial charge in [-0.2, -0.15) is 5.10 Å². The highest BCUT2D eigenvalue weighted by Gasteiger charge is 2.26. The Morgan fingerprint density at radius 1 is 1.42 bits per heavy atom. The van der Waals surface area contributed by atoms with Crippen molar-refractivity contribution in [3.8, 4) is 5.88 Å². The van der Waals surface area contributed by atoms with Crippen molar-refractivity contribution in [2.45, 2.75) is 25.4 Å². The molecular formula is C18H22ClFN4O2. The molecule has 1 atom stereocenters. The molecule has 2 heterocycles. The second-order valence-corrected chi connectivity index (χ2v) is 6.94. The van der Waals surface area contributed by atoms with Crippen LogP contribution in [0.15, 0.2) is 24.3 Å². The van der Waals surface area contributed by atoms with Crippen molar-refractivity contribution in [2.24, 2.45) is 0 Å². The number of carbonyl (C=O) groups is 1. The van der Waals surface area contributed by atoms with E-state index in [2.05, 4.69) is 10.4 Å². The lowest BCUT2D eigenvalue weighted by Crippen LogP contribution is -2.31. The molecule has 1 aliphatic rings.